The molecule has 0 spiro atoms. The summed E-state index contributed by atoms with van der Waals surface area (Å²) in [5.41, 5.74) is 0.373. The number of carbonyl (C=O) groups is 1. The second kappa shape index (κ2) is 5.84. The number of hydrogen-bond acceptors (Lipinski definition) is 3. The van der Waals surface area contributed by atoms with Crippen LogP contribution in [0.15, 0.2) is 47.8 Å². The van der Waals surface area contributed by atoms with Crippen molar-refractivity contribution in [3.8, 4) is 0 Å². The summed E-state index contributed by atoms with van der Waals surface area (Å²) >= 11 is 7.80. The number of pyridine rings is 1. The Bertz CT molecular complexity index is 786. The molecule has 2 aromatic heterocycles. The van der Waals surface area contributed by atoms with Crippen molar-refractivity contribution in [2.45, 2.75) is 6.54 Å². The molecule has 3 aromatic rings. The van der Waals surface area contributed by atoms with Gasteiger partial charge in [0, 0.05) is 17.3 Å². The summed E-state index contributed by atoms with van der Waals surface area (Å²) in [5.74, 6) is -0.129. The summed E-state index contributed by atoms with van der Waals surface area (Å²) < 4.78 is 0. The van der Waals surface area contributed by atoms with Gasteiger partial charge in [-0.05, 0) is 22.9 Å². The monoisotopic (exact) mass is 316 g/mol. The molecule has 21 heavy (non-hydrogen) atoms. The molecule has 0 saturated carbocycles. The number of nitrogens with zero attached hydrogens (tertiary/aromatic N) is 2. The molecule has 0 aliphatic heterocycles. The second-order valence-electron chi connectivity index (χ2n) is 4.76. The van der Waals surface area contributed by atoms with Gasteiger partial charge in [0.25, 0.3) is 5.91 Å². The van der Waals surface area contributed by atoms with Gasteiger partial charge in [0.2, 0.25) is 0 Å². The van der Waals surface area contributed by atoms with Gasteiger partial charge in [-0.15, -0.1) is 11.3 Å². The van der Waals surface area contributed by atoms with Crippen molar-refractivity contribution in [3.63, 3.8) is 0 Å². The molecule has 3 rings (SSSR count). The molecule has 0 atom stereocenters. The summed E-state index contributed by atoms with van der Waals surface area (Å²) in [5, 5.41) is 4.14. The second-order valence-corrected chi connectivity index (χ2v) is 6.15. The molecule has 0 aliphatic carbocycles. The van der Waals surface area contributed by atoms with Crippen LogP contribution < -0.4 is 0 Å². The predicted octanol–water partition coefficient (Wildman–Crippen LogP) is 4.22. The smallest absolute Gasteiger partial charge is 0.272 e. The maximum atomic E-state index is 12.5. The minimum atomic E-state index is -0.129. The van der Waals surface area contributed by atoms with E-state index in [1.165, 1.54) is 0 Å². The van der Waals surface area contributed by atoms with Gasteiger partial charge in [0.1, 0.15) is 10.8 Å². The van der Waals surface area contributed by atoms with E-state index < -0.39 is 0 Å². The Hall–Kier alpha value is -1.91. The standard InChI is InChI=1S/C16H13ClN2OS/c1-19(10-12-6-4-8-21-12)16(20)14-9-11-5-2-3-7-13(11)15(17)18-14/h2-9H,10H2,1H3. The van der Waals surface area contributed by atoms with E-state index in [2.05, 4.69) is 4.98 Å². The number of benzene rings is 1. The molecule has 2 heterocycles. The first-order valence-electron chi connectivity index (χ1n) is 6.48. The molecule has 0 bridgehead atoms. The van der Waals surface area contributed by atoms with Crippen molar-refractivity contribution >= 4 is 39.6 Å². The molecule has 0 radical (unpaired) electrons. The van der Waals surface area contributed by atoms with Gasteiger partial charge >= 0.3 is 0 Å². The van der Waals surface area contributed by atoms with Crippen molar-refractivity contribution in [1.29, 1.82) is 0 Å². The fraction of sp³-hybridized carbons (Fsp3) is 0.125. The van der Waals surface area contributed by atoms with Crippen LogP contribution in [-0.2, 0) is 6.54 Å². The number of hydrogen-bond donors (Lipinski definition) is 0. The van der Waals surface area contributed by atoms with Crippen molar-refractivity contribution in [1.82, 2.24) is 9.88 Å². The van der Waals surface area contributed by atoms with Crippen LogP contribution >= 0.6 is 22.9 Å². The Morgan fingerprint density at radius 3 is 2.86 bits per heavy atom. The summed E-state index contributed by atoms with van der Waals surface area (Å²) in [7, 11) is 1.77. The summed E-state index contributed by atoms with van der Waals surface area (Å²) in [4.78, 5) is 19.5. The molecule has 0 N–H and O–H groups in total. The molecule has 0 aliphatic rings. The van der Waals surface area contributed by atoms with Gasteiger partial charge in [-0.25, -0.2) is 4.98 Å². The molecule has 3 nitrogen and oxygen atoms in total. The lowest BCUT2D eigenvalue weighted by Crippen LogP contribution is -2.26. The number of aromatic nitrogens is 1. The van der Waals surface area contributed by atoms with Crippen molar-refractivity contribution in [3.05, 3.63) is 63.6 Å². The zero-order chi connectivity index (χ0) is 14.8. The lowest BCUT2D eigenvalue weighted by molar-refractivity contribution is 0.0781. The third kappa shape index (κ3) is 2.91. The minimum absolute atomic E-state index is 0.129. The summed E-state index contributed by atoms with van der Waals surface area (Å²) in [6, 6.07) is 13.4. The number of carbonyl (C=O) groups excluding carboxylic acids is 1. The van der Waals surface area contributed by atoms with Gasteiger partial charge in [-0.3, -0.25) is 4.79 Å². The number of halogens is 1. The van der Waals surface area contributed by atoms with Gasteiger partial charge in [-0.2, -0.15) is 0 Å². The van der Waals surface area contributed by atoms with Crippen LogP contribution in [-0.4, -0.2) is 22.8 Å². The highest BCUT2D eigenvalue weighted by Crippen LogP contribution is 2.23. The molecular formula is C16H13ClN2OS. The van der Waals surface area contributed by atoms with Crippen LogP contribution in [0.3, 0.4) is 0 Å². The third-order valence-corrected chi connectivity index (χ3v) is 4.38. The first-order valence-corrected chi connectivity index (χ1v) is 7.74. The first kappa shape index (κ1) is 14.0. The van der Waals surface area contributed by atoms with E-state index in [-0.39, 0.29) is 5.91 Å². The average Bonchev–Trinajstić information content (AvgIpc) is 2.99. The Balaban J connectivity index is 1.90. The lowest BCUT2D eigenvalue weighted by atomic mass is 10.1. The molecule has 0 saturated heterocycles. The zero-order valence-electron chi connectivity index (χ0n) is 11.4. The quantitative estimate of drug-likeness (QED) is 0.678. The van der Waals surface area contributed by atoms with Gasteiger partial charge in [0.05, 0.1) is 6.54 Å². The summed E-state index contributed by atoms with van der Waals surface area (Å²) in [6.07, 6.45) is 0. The highest BCUT2D eigenvalue weighted by Gasteiger charge is 2.16. The van der Waals surface area contributed by atoms with E-state index in [0.717, 1.165) is 15.6 Å². The van der Waals surface area contributed by atoms with Crippen LogP contribution in [0.5, 0.6) is 0 Å². The van der Waals surface area contributed by atoms with Crippen molar-refractivity contribution in [2.24, 2.45) is 0 Å². The van der Waals surface area contributed by atoms with Gasteiger partial charge in [0.15, 0.2) is 0 Å². The minimum Gasteiger partial charge on any atom is -0.335 e. The van der Waals surface area contributed by atoms with Crippen LogP contribution in [0.2, 0.25) is 5.15 Å². The largest absolute Gasteiger partial charge is 0.335 e. The topological polar surface area (TPSA) is 33.2 Å². The molecular weight excluding hydrogens is 304 g/mol. The normalized spacial score (nSPS) is 10.8. The SMILES string of the molecule is CN(Cc1cccs1)C(=O)c1cc2ccccc2c(Cl)n1. The van der Waals surface area contributed by atoms with E-state index in [4.69, 9.17) is 11.6 Å². The number of fused-ring (bicyclic) bond motifs is 1. The predicted molar refractivity (Wildman–Crippen MR) is 86.9 cm³/mol. The fourth-order valence-corrected chi connectivity index (χ4v) is 3.19. The van der Waals surface area contributed by atoms with E-state index in [1.807, 2.05) is 41.8 Å². The van der Waals surface area contributed by atoms with Crippen LogP contribution in [0, 0.1) is 0 Å². The molecule has 0 unspecified atom stereocenters. The van der Waals surface area contributed by atoms with E-state index >= 15 is 0 Å². The average molecular weight is 317 g/mol. The van der Waals surface area contributed by atoms with Gasteiger partial charge < -0.3 is 4.90 Å². The third-order valence-electron chi connectivity index (χ3n) is 3.23. The highest BCUT2D eigenvalue weighted by atomic mass is 35.5. The molecule has 106 valence electrons. The van der Waals surface area contributed by atoms with E-state index in [0.29, 0.717) is 17.4 Å². The Labute approximate surface area is 131 Å². The first-order chi connectivity index (χ1) is 10.1. The van der Waals surface area contributed by atoms with Crippen molar-refractivity contribution in [2.75, 3.05) is 7.05 Å². The Morgan fingerprint density at radius 2 is 2.10 bits per heavy atom. The maximum Gasteiger partial charge on any atom is 0.272 e. The zero-order valence-corrected chi connectivity index (χ0v) is 13.0. The summed E-state index contributed by atoms with van der Waals surface area (Å²) in [6.45, 7) is 0.572. The number of amides is 1. The Morgan fingerprint density at radius 1 is 1.29 bits per heavy atom. The molecule has 5 heteroatoms. The van der Waals surface area contributed by atoms with E-state index in [1.54, 1.807) is 29.4 Å². The van der Waals surface area contributed by atoms with Crippen LogP contribution in [0.1, 0.15) is 15.4 Å². The lowest BCUT2D eigenvalue weighted by Gasteiger charge is -2.16. The molecule has 0 fully saturated rings. The van der Waals surface area contributed by atoms with E-state index in [9.17, 15) is 4.79 Å². The van der Waals surface area contributed by atoms with Crippen molar-refractivity contribution < 1.29 is 4.79 Å². The highest BCUT2D eigenvalue weighted by molar-refractivity contribution is 7.09. The van der Waals surface area contributed by atoms with Crippen LogP contribution in [0.4, 0.5) is 0 Å². The number of rotatable bonds is 3. The Kier molecular flexibility index (Phi) is 3.90. The number of thiophene rings is 1. The van der Waals surface area contributed by atoms with Crippen LogP contribution in [0.25, 0.3) is 10.8 Å². The van der Waals surface area contributed by atoms with Gasteiger partial charge in [-0.1, -0.05) is 41.9 Å². The fourth-order valence-electron chi connectivity index (χ4n) is 2.17. The molecule has 1 aromatic carbocycles. The maximum absolute atomic E-state index is 12.5. The molecule has 1 amide bonds.